The molecule has 0 unspecified atom stereocenters. The van der Waals surface area contributed by atoms with Crippen molar-refractivity contribution >= 4 is 0 Å². The van der Waals surface area contributed by atoms with Crippen LogP contribution in [0.4, 0.5) is 0 Å². The number of aromatic nitrogens is 4. The predicted octanol–water partition coefficient (Wildman–Crippen LogP) is 3.98. The highest BCUT2D eigenvalue weighted by molar-refractivity contribution is 5.67. The van der Waals surface area contributed by atoms with Gasteiger partial charge in [-0.1, -0.05) is 37.2 Å². The minimum absolute atomic E-state index is 0.621. The van der Waals surface area contributed by atoms with Crippen LogP contribution in [0.3, 0.4) is 0 Å². The molecule has 0 bridgehead atoms. The van der Waals surface area contributed by atoms with Crippen molar-refractivity contribution in [3.05, 3.63) is 48.2 Å². The van der Waals surface area contributed by atoms with Crippen molar-refractivity contribution in [2.45, 2.75) is 33.7 Å². The van der Waals surface area contributed by atoms with Gasteiger partial charge in [0.15, 0.2) is 0 Å². The zero-order chi connectivity index (χ0) is 18.8. The van der Waals surface area contributed by atoms with Crippen LogP contribution in [-0.4, -0.2) is 38.1 Å². The van der Waals surface area contributed by atoms with Crippen LogP contribution in [-0.2, 0) is 6.54 Å². The topological polar surface area (TPSA) is 67.9 Å². The van der Waals surface area contributed by atoms with Gasteiger partial charge in [0.1, 0.15) is 5.82 Å². The van der Waals surface area contributed by atoms with E-state index in [0.717, 1.165) is 35.7 Å². The molecule has 0 saturated carbocycles. The number of piperidine rings is 1. The van der Waals surface area contributed by atoms with E-state index in [0.29, 0.717) is 30.1 Å². The summed E-state index contributed by atoms with van der Waals surface area (Å²) in [6.07, 6.45) is 3.07. The molecular formula is C21H25N5O. The molecule has 0 amide bonds. The number of hydrogen-bond donors (Lipinski definition) is 0. The highest BCUT2D eigenvalue weighted by Gasteiger charge is 2.23. The molecule has 6 heteroatoms. The molecule has 0 aliphatic carbocycles. The Bertz CT molecular complexity index is 912. The molecule has 2 aromatic heterocycles. The third-order valence-electron chi connectivity index (χ3n) is 4.96. The first kappa shape index (κ1) is 17.8. The van der Waals surface area contributed by atoms with Crippen LogP contribution in [0.25, 0.3) is 22.6 Å². The highest BCUT2D eigenvalue weighted by Crippen LogP contribution is 2.25. The van der Waals surface area contributed by atoms with E-state index in [1.54, 1.807) is 6.20 Å². The van der Waals surface area contributed by atoms with Crippen molar-refractivity contribution in [1.82, 2.24) is 25.0 Å². The molecule has 1 aromatic carbocycles. The molecule has 2 atom stereocenters. The van der Waals surface area contributed by atoms with Crippen molar-refractivity contribution in [3.63, 3.8) is 0 Å². The Labute approximate surface area is 159 Å². The van der Waals surface area contributed by atoms with Gasteiger partial charge >= 0.3 is 0 Å². The summed E-state index contributed by atoms with van der Waals surface area (Å²) >= 11 is 0. The van der Waals surface area contributed by atoms with E-state index in [4.69, 9.17) is 4.52 Å². The third kappa shape index (κ3) is 4.22. The fraction of sp³-hybridized carbons (Fsp3) is 0.429. The van der Waals surface area contributed by atoms with Crippen molar-refractivity contribution in [3.8, 4) is 22.6 Å². The molecule has 0 spiro atoms. The largest absolute Gasteiger partial charge is 0.338 e. The molecule has 140 valence electrons. The lowest BCUT2D eigenvalue weighted by molar-refractivity contribution is 0.121. The second kappa shape index (κ2) is 7.56. The quantitative estimate of drug-likeness (QED) is 0.698. The zero-order valence-corrected chi connectivity index (χ0v) is 16.1. The van der Waals surface area contributed by atoms with Gasteiger partial charge in [0.25, 0.3) is 0 Å². The predicted molar refractivity (Wildman–Crippen MR) is 104 cm³/mol. The van der Waals surface area contributed by atoms with Gasteiger partial charge in [0.2, 0.25) is 11.7 Å². The third-order valence-corrected chi connectivity index (χ3v) is 4.96. The monoisotopic (exact) mass is 363 g/mol. The van der Waals surface area contributed by atoms with Crippen LogP contribution < -0.4 is 0 Å². The molecule has 4 rings (SSSR count). The first-order valence-corrected chi connectivity index (χ1v) is 9.52. The van der Waals surface area contributed by atoms with E-state index in [-0.39, 0.29) is 0 Å². The van der Waals surface area contributed by atoms with Crippen LogP contribution in [0, 0.1) is 18.8 Å². The number of nitrogens with zero attached hydrogens (tertiary/aromatic N) is 5. The van der Waals surface area contributed by atoms with E-state index >= 15 is 0 Å². The van der Waals surface area contributed by atoms with Crippen LogP contribution >= 0.6 is 0 Å². The van der Waals surface area contributed by atoms with Crippen molar-refractivity contribution in [1.29, 1.82) is 0 Å². The van der Waals surface area contributed by atoms with Crippen molar-refractivity contribution < 1.29 is 4.52 Å². The smallest absolute Gasteiger partial charge is 0.241 e. The summed E-state index contributed by atoms with van der Waals surface area (Å²) in [6.45, 7) is 9.40. The molecule has 1 saturated heterocycles. The SMILES string of the molecule is Cc1nccc(-c2cccc(-c3noc(CN4C[C@H](C)C[C@@H](C)C4)n3)c2)n1. The maximum absolute atomic E-state index is 5.53. The standard InChI is InChI=1S/C21H25N5O/c1-14-9-15(2)12-26(11-14)13-20-24-21(25-27-20)18-6-4-5-17(10-18)19-7-8-22-16(3)23-19/h4-8,10,14-15H,9,11-13H2,1-3H3/t14-,15-/m1/s1. The lowest BCUT2D eigenvalue weighted by atomic mass is 9.92. The number of hydrogen-bond acceptors (Lipinski definition) is 6. The first-order valence-electron chi connectivity index (χ1n) is 9.52. The highest BCUT2D eigenvalue weighted by atomic mass is 16.5. The Morgan fingerprint density at radius 3 is 2.63 bits per heavy atom. The molecule has 6 nitrogen and oxygen atoms in total. The van der Waals surface area contributed by atoms with Gasteiger partial charge in [0.05, 0.1) is 12.2 Å². The fourth-order valence-electron chi connectivity index (χ4n) is 3.98. The minimum Gasteiger partial charge on any atom is -0.338 e. The molecule has 1 aliphatic rings. The van der Waals surface area contributed by atoms with Crippen LogP contribution in [0.1, 0.15) is 32.0 Å². The van der Waals surface area contributed by atoms with Gasteiger partial charge in [-0.3, -0.25) is 4.90 Å². The van der Waals surface area contributed by atoms with Gasteiger partial charge in [-0.25, -0.2) is 9.97 Å². The van der Waals surface area contributed by atoms with Crippen molar-refractivity contribution in [2.24, 2.45) is 11.8 Å². The summed E-state index contributed by atoms with van der Waals surface area (Å²) < 4.78 is 5.53. The Hall–Kier alpha value is -2.60. The molecule has 27 heavy (non-hydrogen) atoms. The second-order valence-corrected chi connectivity index (χ2v) is 7.72. The van der Waals surface area contributed by atoms with E-state index < -0.39 is 0 Å². The average molecular weight is 363 g/mol. The summed E-state index contributed by atoms with van der Waals surface area (Å²) in [6, 6.07) is 9.97. The molecular weight excluding hydrogens is 338 g/mol. The Morgan fingerprint density at radius 2 is 1.85 bits per heavy atom. The average Bonchev–Trinajstić information content (AvgIpc) is 3.09. The fourth-order valence-corrected chi connectivity index (χ4v) is 3.98. The van der Waals surface area contributed by atoms with Gasteiger partial charge in [-0.2, -0.15) is 4.98 Å². The number of rotatable bonds is 4. The normalized spacial score (nSPS) is 20.7. The Morgan fingerprint density at radius 1 is 1.07 bits per heavy atom. The molecule has 0 N–H and O–H groups in total. The Kier molecular flexibility index (Phi) is 4.99. The summed E-state index contributed by atoms with van der Waals surface area (Å²) in [5, 5.41) is 4.20. The van der Waals surface area contributed by atoms with E-state index in [9.17, 15) is 0 Å². The molecule has 1 fully saturated rings. The summed E-state index contributed by atoms with van der Waals surface area (Å²) in [5.74, 6) is 3.48. The maximum Gasteiger partial charge on any atom is 0.241 e. The molecule has 3 aromatic rings. The second-order valence-electron chi connectivity index (χ2n) is 7.72. The number of benzene rings is 1. The lowest BCUT2D eigenvalue weighted by Crippen LogP contribution is -2.38. The molecule has 3 heterocycles. The van der Waals surface area contributed by atoms with E-state index in [2.05, 4.69) is 38.9 Å². The van der Waals surface area contributed by atoms with Crippen molar-refractivity contribution in [2.75, 3.05) is 13.1 Å². The van der Waals surface area contributed by atoms with Crippen LogP contribution in [0.5, 0.6) is 0 Å². The summed E-state index contributed by atoms with van der Waals surface area (Å²) in [5.41, 5.74) is 2.84. The van der Waals surface area contributed by atoms with Gasteiger partial charge in [0, 0.05) is 30.4 Å². The van der Waals surface area contributed by atoms with Gasteiger partial charge in [-0.05, 0) is 37.3 Å². The van der Waals surface area contributed by atoms with E-state index in [1.165, 1.54) is 6.42 Å². The molecule has 0 radical (unpaired) electrons. The zero-order valence-electron chi connectivity index (χ0n) is 16.1. The molecule has 1 aliphatic heterocycles. The first-order chi connectivity index (χ1) is 13.1. The van der Waals surface area contributed by atoms with Crippen LogP contribution in [0.15, 0.2) is 41.1 Å². The maximum atomic E-state index is 5.53. The Balaban J connectivity index is 1.52. The summed E-state index contributed by atoms with van der Waals surface area (Å²) in [4.78, 5) is 15.7. The van der Waals surface area contributed by atoms with Gasteiger partial charge in [-0.15, -0.1) is 0 Å². The number of aryl methyl sites for hydroxylation is 1. The van der Waals surface area contributed by atoms with Crippen LogP contribution in [0.2, 0.25) is 0 Å². The lowest BCUT2D eigenvalue weighted by Gasteiger charge is -2.33. The minimum atomic E-state index is 0.621. The van der Waals surface area contributed by atoms with E-state index in [1.807, 2.05) is 37.3 Å². The van der Waals surface area contributed by atoms with Gasteiger partial charge < -0.3 is 4.52 Å². The number of likely N-dealkylation sites (tertiary alicyclic amines) is 1. The summed E-state index contributed by atoms with van der Waals surface area (Å²) in [7, 11) is 0.